The van der Waals surface area contributed by atoms with Gasteiger partial charge in [0, 0.05) is 31.0 Å². The van der Waals surface area contributed by atoms with Crippen LogP contribution >= 0.6 is 23.2 Å². The average Bonchev–Trinajstić information content (AvgIpc) is 3.41. The van der Waals surface area contributed by atoms with Gasteiger partial charge < -0.3 is 14.8 Å². The molecule has 1 N–H and O–H groups in total. The largest absolute Gasteiger partial charge is 0.341 e. The van der Waals surface area contributed by atoms with Crippen LogP contribution in [0.1, 0.15) is 51.7 Å². The standard InChI is InChI=1S/C31H32Cl2N4O2/c1-36(31(39)22-7-3-2-4-8-22)20-24(23-11-12-25(32)26(33)19-23)15-18-37-16-13-21(14-17-37)29(38)30-34-27-9-5-6-10-28(27)35-30/h2-12,19,21,24H,13-18,20H2,1H3,(H,34,35). The molecule has 202 valence electrons. The number of rotatable bonds is 9. The highest BCUT2D eigenvalue weighted by atomic mass is 35.5. The number of nitrogens with one attached hydrogen (secondary N) is 1. The van der Waals surface area contributed by atoms with Gasteiger partial charge in [0.25, 0.3) is 5.91 Å². The van der Waals surface area contributed by atoms with Crippen molar-refractivity contribution in [1.82, 2.24) is 19.8 Å². The number of imidazole rings is 1. The van der Waals surface area contributed by atoms with E-state index >= 15 is 0 Å². The van der Waals surface area contributed by atoms with E-state index in [1.54, 1.807) is 4.90 Å². The van der Waals surface area contributed by atoms with Gasteiger partial charge in [-0.3, -0.25) is 9.59 Å². The number of likely N-dealkylation sites (tertiary alicyclic amines) is 1. The molecule has 4 aromatic rings. The van der Waals surface area contributed by atoms with Crippen molar-refractivity contribution >= 4 is 45.9 Å². The van der Waals surface area contributed by atoms with Crippen molar-refractivity contribution in [3.05, 3.63) is 99.8 Å². The van der Waals surface area contributed by atoms with Gasteiger partial charge in [-0.25, -0.2) is 4.98 Å². The highest BCUT2D eigenvalue weighted by molar-refractivity contribution is 6.42. The Kier molecular flexibility index (Phi) is 8.66. The van der Waals surface area contributed by atoms with Crippen LogP contribution in [-0.2, 0) is 0 Å². The lowest BCUT2D eigenvalue weighted by Crippen LogP contribution is -2.38. The number of para-hydroxylation sites is 2. The van der Waals surface area contributed by atoms with Gasteiger partial charge >= 0.3 is 0 Å². The van der Waals surface area contributed by atoms with E-state index in [4.69, 9.17) is 23.2 Å². The highest BCUT2D eigenvalue weighted by Gasteiger charge is 2.28. The first-order valence-corrected chi connectivity index (χ1v) is 14.1. The normalized spacial score (nSPS) is 15.4. The molecule has 0 spiro atoms. The molecule has 8 heteroatoms. The fourth-order valence-electron chi connectivity index (χ4n) is 5.36. The minimum Gasteiger partial charge on any atom is -0.341 e. The van der Waals surface area contributed by atoms with E-state index in [0.29, 0.717) is 28.0 Å². The number of piperidine rings is 1. The maximum atomic E-state index is 13.1. The molecule has 6 nitrogen and oxygen atoms in total. The number of fused-ring (bicyclic) bond motifs is 1. The summed E-state index contributed by atoms with van der Waals surface area (Å²) in [5.74, 6) is 0.612. The van der Waals surface area contributed by atoms with Crippen LogP contribution in [0.2, 0.25) is 10.0 Å². The first-order valence-electron chi connectivity index (χ1n) is 13.4. The second-order valence-corrected chi connectivity index (χ2v) is 11.1. The predicted octanol–water partition coefficient (Wildman–Crippen LogP) is 6.71. The molecule has 0 saturated carbocycles. The summed E-state index contributed by atoms with van der Waals surface area (Å²) in [5, 5.41) is 1.03. The average molecular weight is 564 g/mol. The quantitative estimate of drug-likeness (QED) is 0.230. The van der Waals surface area contributed by atoms with E-state index in [2.05, 4.69) is 14.9 Å². The predicted molar refractivity (Wildman–Crippen MR) is 157 cm³/mol. The molecule has 1 aliphatic heterocycles. The van der Waals surface area contributed by atoms with Gasteiger partial charge in [-0.1, -0.05) is 59.6 Å². The number of likely N-dealkylation sites (N-methyl/N-ethyl adjacent to an activating group) is 1. The van der Waals surface area contributed by atoms with Crippen molar-refractivity contribution in [2.45, 2.75) is 25.2 Å². The molecule has 0 radical (unpaired) electrons. The maximum absolute atomic E-state index is 13.1. The number of amides is 1. The van der Waals surface area contributed by atoms with Crippen molar-refractivity contribution in [3.63, 3.8) is 0 Å². The molecular weight excluding hydrogens is 531 g/mol. The van der Waals surface area contributed by atoms with Gasteiger partial charge in [-0.15, -0.1) is 0 Å². The number of benzene rings is 3. The Hall–Kier alpha value is -3.19. The number of carbonyl (C=O) groups is 2. The number of nitrogens with zero attached hydrogens (tertiary/aromatic N) is 3. The summed E-state index contributed by atoms with van der Waals surface area (Å²) in [6.07, 6.45) is 2.46. The first kappa shape index (κ1) is 27.4. The number of hydrogen-bond donors (Lipinski definition) is 1. The summed E-state index contributed by atoms with van der Waals surface area (Å²) < 4.78 is 0. The van der Waals surface area contributed by atoms with E-state index in [1.807, 2.05) is 79.8 Å². The minimum atomic E-state index is -0.0256. The van der Waals surface area contributed by atoms with Crippen LogP contribution in [0, 0.1) is 5.92 Å². The highest BCUT2D eigenvalue weighted by Crippen LogP contribution is 2.30. The van der Waals surface area contributed by atoms with Gasteiger partial charge in [0.1, 0.15) is 0 Å². The zero-order valence-corrected chi connectivity index (χ0v) is 23.5. The number of ketones is 1. The lowest BCUT2D eigenvalue weighted by Gasteiger charge is -2.33. The van der Waals surface area contributed by atoms with Crippen molar-refractivity contribution < 1.29 is 9.59 Å². The Morgan fingerprint density at radius 1 is 1.00 bits per heavy atom. The molecule has 1 aromatic heterocycles. The van der Waals surface area contributed by atoms with E-state index in [-0.39, 0.29) is 23.5 Å². The molecule has 1 amide bonds. The van der Waals surface area contributed by atoms with Crippen LogP contribution in [0.5, 0.6) is 0 Å². The van der Waals surface area contributed by atoms with Crippen molar-refractivity contribution in [2.24, 2.45) is 5.92 Å². The van der Waals surface area contributed by atoms with E-state index in [0.717, 1.165) is 55.5 Å². The molecule has 3 aromatic carbocycles. The molecule has 1 fully saturated rings. The number of halogens is 2. The van der Waals surface area contributed by atoms with Crippen LogP contribution in [0.15, 0.2) is 72.8 Å². The number of aromatic nitrogens is 2. The summed E-state index contributed by atoms with van der Waals surface area (Å²) in [5.41, 5.74) is 3.45. The Morgan fingerprint density at radius 3 is 2.44 bits per heavy atom. The third-order valence-corrected chi connectivity index (χ3v) is 8.39. The molecule has 1 aliphatic rings. The van der Waals surface area contributed by atoms with Crippen molar-refractivity contribution in [2.75, 3.05) is 33.2 Å². The van der Waals surface area contributed by atoms with Crippen molar-refractivity contribution in [1.29, 1.82) is 0 Å². The van der Waals surface area contributed by atoms with Gasteiger partial charge in [0.15, 0.2) is 5.82 Å². The van der Waals surface area contributed by atoms with E-state index in [1.165, 1.54) is 0 Å². The molecule has 1 unspecified atom stereocenters. The maximum Gasteiger partial charge on any atom is 0.253 e. The summed E-state index contributed by atoms with van der Waals surface area (Å²) >= 11 is 12.5. The molecule has 1 saturated heterocycles. The second kappa shape index (κ2) is 12.3. The fourth-order valence-corrected chi connectivity index (χ4v) is 5.67. The second-order valence-electron chi connectivity index (χ2n) is 10.3. The molecule has 5 rings (SSSR count). The lowest BCUT2D eigenvalue weighted by atomic mass is 9.90. The van der Waals surface area contributed by atoms with Crippen LogP contribution < -0.4 is 0 Å². The molecule has 1 atom stereocenters. The summed E-state index contributed by atoms with van der Waals surface area (Å²) in [6.45, 7) is 3.13. The number of H-pyrrole nitrogens is 1. The van der Waals surface area contributed by atoms with Crippen molar-refractivity contribution in [3.8, 4) is 0 Å². The van der Waals surface area contributed by atoms with Crippen LogP contribution in [0.3, 0.4) is 0 Å². The number of Topliss-reactive ketones (excluding diaryl/α,β-unsaturated/α-hetero) is 1. The monoisotopic (exact) mass is 562 g/mol. The van der Waals surface area contributed by atoms with Gasteiger partial charge in [-0.05, 0) is 80.9 Å². The molecule has 39 heavy (non-hydrogen) atoms. The zero-order valence-electron chi connectivity index (χ0n) is 21.9. The summed E-state index contributed by atoms with van der Waals surface area (Å²) in [7, 11) is 1.84. The number of aromatic amines is 1. The van der Waals surface area contributed by atoms with E-state index in [9.17, 15) is 9.59 Å². The van der Waals surface area contributed by atoms with Gasteiger partial charge in [0.2, 0.25) is 5.78 Å². The molecule has 2 heterocycles. The third-order valence-electron chi connectivity index (χ3n) is 7.65. The van der Waals surface area contributed by atoms with Crippen LogP contribution in [0.25, 0.3) is 11.0 Å². The van der Waals surface area contributed by atoms with Gasteiger partial charge in [-0.2, -0.15) is 0 Å². The third kappa shape index (κ3) is 6.52. The topological polar surface area (TPSA) is 69.3 Å². The zero-order chi connectivity index (χ0) is 27.4. The summed E-state index contributed by atoms with van der Waals surface area (Å²) in [6, 6.07) is 22.8. The Morgan fingerprint density at radius 2 is 1.72 bits per heavy atom. The first-order chi connectivity index (χ1) is 18.9. The fraction of sp³-hybridized carbons (Fsp3) is 0.323. The molecular formula is C31H32Cl2N4O2. The SMILES string of the molecule is CN(CC(CCN1CCC(C(=O)c2nc3ccccc3[nH]2)CC1)c1ccc(Cl)c(Cl)c1)C(=O)c1ccccc1. The minimum absolute atomic E-state index is 0.00873. The molecule has 0 aliphatic carbocycles. The Balaban J connectivity index is 1.21. The van der Waals surface area contributed by atoms with Crippen LogP contribution in [-0.4, -0.2) is 64.7 Å². The lowest BCUT2D eigenvalue weighted by molar-refractivity contribution is 0.0779. The van der Waals surface area contributed by atoms with E-state index < -0.39 is 0 Å². The van der Waals surface area contributed by atoms with Gasteiger partial charge in [0.05, 0.1) is 21.1 Å². The Bertz CT molecular complexity index is 1410. The molecule has 0 bridgehead atoms. The Labute approximate surface area is 238 Å². The summed E-state index contributed by atoms with van der Waals surface area (Å²) in [4.78, 5) is 38.0. The number of carbonyl (C=O) groups excluding carboxylic acids is 2. The smallest absolute Gasteiger partial charge is 0.253 e. The van der Waals surface area contributed by atoms with Crippen LogP contribution in [0.4, 0.5) is 0 Å². The number of hydrogen-bond acceptors (Lipinski definition) is 4.